The van der Waals surface area contributed by atoms with E-state index in [-0.39, 0.29) is 30.8 Å². The molecule has 1 heterocycles. The second-order valence-corrected chi connectivity index (χ2v) is 6.86. The van der Waals surface area contributed by atoms with Crippen LogP contribution in [-0.2, 0) is 16.1 Å². The summed E-state index contributed by atoms with van der Waals surface area (Å²) in [6.45, 7) is 1.91. The monoisotopic (exact) mass is 392 g/mol. The van der Waals surface area contributed by atoms with Gasteiger partial charge in [-0.25, -0.2) is 0 Å². The van der Waals surface area contributed by atoms with Crippen molar-refractivity contribution in [3.8, 4) is 5.75 Å². The van der Waals surface area contributed by atoms with Gasteiger partial charge in [0.1, 0.15) is 5.75 Å². The number of carbonyl (C=O) groups is 2. The first-order valence-electron chi connectivity index (χ1n) is 8.72. The van der Waals surface area contributed by atoms with Crippen LogP contribution in [0.5, 0.6) is 5.75 Å². The molecular weight excluding hydrogens is 368 g/mol. The second kappa shape index (κ2) is 9.06. The van der Waals surface area contributed by atoms with E-state index in [1.165, 1.54) is 0 Å². The molecule has 0 spiro atoms. The molecule has 0 bridgehead atoms. The molecule has 27 heavy (non-hydrogen) atoms. The quantitative estimate of drug-likeness (QED) is 0.818. The number of methoxy groups -OCH3 is 1. The number of halogens is 1. The van der Waals surface area contributed by atoms with Gasteiger partial charge in [0.15, 0.2) is 0 Å². The molecule has 1 aliphatic heterocycles. The molecule has 1 N–H and O–H groups in total. The molecule has 3 rings (SSSR count). The summed E-state index contributed by atoms with van der Waals surface area (Å²) < 4.78 is 5.24. The van der Waals surface area contributed by atoms with E-state index in [9.17, 15) is 9.59 Å². The summed E-state index contributed by atoms with van der Waals surface area (Å²) in [4.78, 5) is 27.1. The zero-order valence-corrected chi connectivity index (χ0v) is 16.4. The molecule has 0 aromatic heterocycles. The van der Waals surface area contributed by atoms with Crippen LogP contribution in [0.25, 0.3) is 10.8 Å². The number of rotatable bonds is 6. The molecule has 7 heteroatoms. The first kappa shape index (κ1) is 21.0. The van der Waals surface area contributed by atoms with Crippen molar-refractivity contribution in [3.05, 3.63) is 42.0 Å². The van der Waals surface area contributed by atoms with Gasteiger partial charge in [-0.3, -0.25) is 14.5 Å². The van der Waals surface area contributed by atoms with Crippen molar-refractivity contribution in [2.45, 2.75) is 13.0 Å². The number of likely N-dealkylation sites (tertiary alicyclic amines) is 1. The van der Waals surface area contributed by atoms with Crippen molar-refractivity contribution in [2.24, 2.45) is 5.92 Å². The molecule has 1 amide bonds. The van der Waals surface area contributed by atoms with Crippen molar-refractivity contribution >= 4 is 35.1 Å². The number of benzene rings is 2. The number of carboxylic acids is 1. The Morgan fingerprint density at radius 1 is 1.22 bits per heavy atom. The fourth-order valence-electron chi connectivity index (χ4n) is 3.35. The smallest absolute Gasteiger partial charge is 0.307 e. The minimum Gasteiger partial charge on any atom is -0.497 e. The topological polar surface area (TPSA) is 70.1 Å². The van der Waals surface area contributed by atoms with Crippen molar-refractivity contribution in [2.75, 3.05) is 33.8 Å². The van der Waals surface area contributed by atoms with Crippen LogP contribution in [0.4, 0.5) is 0 Å². The van der Waals surface area contributed by atoms with Gasteiger partial charge in [0.2, 0.25) is 5.91 Å². The highest BCUT2D eigenvalue weighted by Gasteiger charge is 2.29. The van der Waals surface area contributed by atoms with Gasteiger partial charge in [0.25, 0.3) is 0 Å². The lowest BCUT2D eigenvalue weighted by Crippen LogP contribution is -2.37. The predicted molar refractivity (Wildman–Crippen MR) is 106 cm³/mol. The number of carboxylic acid groups (broad SMARTS) is 1. The van der Waals surface area contributed by atoms with Gasteiger partial charge in [-0.15, -0.1) is 12.4 Å². The standard InChI is InChI=1S/C20H24N2O4.ClH/c1-21(19(23)13-22-8-7-17(12-22)20(24)25)11-14-3-4-16-10-18(26-2)6-5-15(16)9-14;/h3-6,9-10,17H,7-8,11-13H2,1-2H3,(H,24,25);1H. The number of fused-ring (bicyclic) bond motifs is 1. The van der Waals surface area contributed by atoms with Crippen molar-refractivity contribution in [3.63, 3.8) is 0 Å². The Labute approximate surface area is 165 Å². The highest BCUT2D eigenvalue weighted by atomic mass is 35.5. The van der Waals surface area contributed by atoms with Gasteiger partial charge in [-0.05, 0) is 47.5 Å². The third-order valence-electron chi connectivity index (χ3n) is 4.94. The molecule has 2 aromatic rings. The summed E-state index contributed by atoms with van der Waals surface area (Å²) in [5.74, 6) is -0.305. The molecule has 2 aromatic carbocycles. The number of likely N-dealkylation sites (N-methyl/N-ethyl adjacent to an activating group) is 1. The van der Waals surface area contributed by atoms with E-state index in [4.69, 9.17) is 9.84 Å². The largest absolute Gasteiger partial charge is 0.497 e. The number of ether oxygens (including phenoxy) is 1. The summed E-state index contributed by atoms with van der Waals surface area (Å²) in [7, 11) is 3.43. The van der Waals surface area contributed by atoms with E-state index in [1.54, 1.807) is 19.1 Å². The number of nitrogens with zero attached hydrogens (tertiary/aromatic N) is 2. The lowest BCUT2D eigenvalue weighted by Gasteiger charge is -2.21. The maximum Gasteiger partial charge on any atom is 0.307 e. The molecule has 0 aliphatic carbocycles. The van der Waals surface area contributed by atoms with Crippen LogP contribution in [-0.4, -0.2) is 60.6 Å². The van der Waals surface area contributed by atoms with Crippen LogP contribution in [0.2, 0.25) is 0 Å². The van der Waals surface area contributed by atoms with Gasteiger partial charge < -0.3 is 14.7 Å². The molecule has 0 saturated carbocycles. The Kier molecular flexibility index (Phi) is 7.05. The Bertz CT molecular complexity index is 827. The van der Waals surface area contributed by atoms with E-state index in [0.29, 0.717) is 26.1 Å². The van der Waals surface area contributed by atoms with Crippen LogP contribution >= 0.6 is 12.4 Å². The number of amides is 1. The Morgan fingerprint density at radius 3 is 2.59 bits per heavy atom. The first-order chi connectivity index (χ1) is 12.5. The molecule has 1 atom stereocenters. The van der Waals surface area contributed by atoms with E-state index in [1.807, 2.05) is 35.2 Å². The summed E-state index contributed by atoms with van der Waals surface area (Å²) in [5.41, 5.74) is 1.06. The average molecular weight is 393 g/mol. The zero-order valence-electron chi connectivity index (χ0n) is 15.6. The van der Waals surface area contributed by atoms with Crippen LogP contribution in [0.3, 0.4) is 0 Å². The fourth-order valence-corrected chi connectivity index (χ4v) is 3.35. The lowest BCUT2D eigenvalue weighted by atomic mass is 10.1. The van der Waals surface area contributed by atoms with E-state index in [2.05, 4.69) is 6.07 Å². The van der Waals surface area contributed by atoms with Crippen molar-refractivity contribution in [1.29, 1.82) is 0 Å². The van der Waals surface area contributed by atoms with Crippen molar-refractivity contribution < 1.29 is 19.4 Å². The minimum atomic E-state index is -0.777. The van der Waals surface area contributed by atoms with Crippen molar-refractivity contribution in [1.82, 2.24) is 9.80 Å². The normalized spacial score (nSPS) is 16.7. The minimum absolute atomic E-state index is 0. The Morgan fingerprint density at radius 2 is 1.93 bits per heavy atom. The van der Waals surface area contributed by atoms with E-state index >= 15 is 0 Å². The lowest BCUT2D eigenvalue weighted by molar-refractivity contribution is -0.141. The number of aliphatic carboxylic acids is 1. The molecule has 0 radical (unpaired) electrons. The number of carbonyl (C=O) groups excluding carboxylic acids is 1. The summed E-state index contributed by atoms with van der Waals surface area (Å²) in [5, 5.41) is 11.3. The second-order valence-electron chi connectivity index (χ2n) is 6.86. The third kappa shape index (κ3) is 5.11. The van der Waals surface area contributed by atoms with E-state index < -0.39 is 5.97 Å². The summed E-state index contributed by atoms with van der Waals surface area (Å²) >= 11 is 0. The molecule has 1 saturated heterocycles. The number of hydrogen-bond donors (Lipinski definition) is 1. The summed E-state index contributed by atoms with van der Waals surface area (Å²) in [6.07, 6.45) is 0.612. The van der Waals surface area contributed by atoms with Gasteiger partial charge in [0, 0.05) is 20.1 Å². The highest BCUT2D eigenvalue weighted by Crippen LogP contribution is 2.22. The molecule has 1 unspecified atom stereocenters. The first-order valence-corrected chi connectivity index (χ1v) is 8.72. The molecule has 6 nitrogen and oxygen atoms in total. The SMILES string of the molecule is COc1ccc2cc(CN(C)C(=O)CN3CCC(C(=O)O)C3)ccc2c1.Cl. The Balaban J connectivity index is 0.00000261. The molecule has 146 valence electrons. The third-order valence-corrected chi connectivity index (χ3v) is 4.94. The predicted octanol–water partition coefficient (Wildman–Crippen LogP) is 2.64. The van der Waals surface area contributed by atoms with Crippen LogP contribution < -0.4 is 4.74 Å². The fraction of sp³-hybridized carbons (Fsp3) is 0.400. The zero-order chi connectivity index (χ0) is 18.7. The summed E-state index contributed by atoms with van der Waals surface area (Å²) in [6, 6.07) is 12.0. The highest BCUT2D eigenvalue weighted by molar-refractivity contribution is 5.85. The van der Waals surface area contributed by atoms with Crippen LogP contribution in [0.15, 0.2) is 36.4 Å². The van der Waals surface area contributed by atoms with Gasteiger partial charge in [-0.2, -0.15) is 0 Å². The van der Waals surface area contributed by atoms with Gasteiger partial charge in [0.05, 0.1) is 19.6 Å². The molecular formula is C20H25ClN2O4. The Hall–Kier alpha value is -2.31. The van der Waals surface area contributed by atoms with Crippen LogP contribution in [0, 0.1) is 5.92 Å². The van der Waals surface area contributed by atoms with Gasteiger partial charge in [-0.1, -0.05) is 18.2 Å². The molecule has 1 fully saturated rings. The molecule has 1 aliphatic rings. The number of hydrogen-bond acceptors (Lipinski definition) is 4. The average Bonchev–Trinajstić information content (AvgIpc) is 3.10. The van der Waals surface area contributed by atoms with Gasteiger partial charge >= 0.3 is 5.97 Å². The van der Waals surface area contributed by atoms with Crippen LogP contribution in [0.1, 0.15) is 12.0 Å². The maximum absolute atomic E-state index is 12.4. The maximum atomic E-state index is 12.4. The van der Waals surface area contributed by atoms with E-state index in [0.717, 1.165) is 22.1 Å².